The Balaban J connectivity index is 1.79. The molecule has 6 nitrogen and oxygen atoms in total. The highest BCUT2D eigenvalue weighted by Gasteiger charge is 2.22. The minimum atomic E-state index is -2.89. The molecule has 2 aromatic heterocycles. The van der Waals surface area contributed by atoms with Crippen molar-refractivity contribution in [2.45, 2.75) is 25.9 Å². The van der Waals surface area contributed by atoms with E-state index < -0.39 is 30.1 Å². The van der Waals surface area contributed by atoms with Crippen molar-refractivity contribution in [1.29, 1.82) is 0 Å². The molecular weight excluding hydrogens is 356 g/mol. The van der Waals surface area contributed by atoms with Crippen LogP contribution in [0, 0.1) is 11.6 Å². The Morgan fingerprint density at radius 1 is 1.08 bits per heavy atom. The summed E-state index contributed by atoms with van der Waals surface area (Å²) in [6, 6.07) is 3.37. The van der Waals surface area contributed by atoms with E-state index >= 15 is 0 Å². The van der Waals surface area contributed by atoms with Crippen LogP contribution in [0.4, 0.5) is 17.6 Å². The molecular formula is C16H12F4N4O2. The lowest BCUT2D eigenvalue weighted by molar-refractivity contribution is 0.116. The summed E-state index contributed by atoms with van der Waals surface area (Å²) >= 11 is 0. The minimum absolute atomic E-state index is 0.142. The van der Waals surface area contributed by atoms with Gasteiger partial charge in [0.25, 0.3) is 11.8 Å². The van der Waals surface area contributed by atoms with Gasteiger partial charge in [-0.25, -0.2) is 18.7 Å². The highest BCUT2D eigenvalue weighted by atomic mass is 19.3. The van der Waals surface area contributed by atoms with Crippen LogP contribution in [0.25, 0.3) is 11.5 Å². The molecule has 0 radical (unpaired) electrons. The summed E-state index contributed by atoms with van der Waals surface area (Å²) in [4.78, 5) is 7.78. The Labute approximate surface area is 144 Å². The second-order valence-electron chi connectivity index (χ2n) is 5.15. The van der Waals surface area contributed by atoms with Crippen LogP contribution in [0.5, 0.6) is 6.01 Å². The molecule has 0 saturated heterocycles. The first-order valence-electron chi connectivity index (χ1n) is 7.54. The van der Waals surface area contributed by atoms with Gasteiger partial charge < -0.3 is 9.15 Å². The van der Waals surface area contributed by atoms with Gasteiger partial charge in [0.2, 0.25) is 0 Å². The molecule has 136 valence electrons. The average molecular weight is 368 g/mol. The van der Waals surface area contributed by atoms with Crippen LogP contribution in [0.15, 0.2) is 35.0 Å². The second kappa shape index (κ2) is 7.46. The van der Waals surface area contributed by atoms with Gasteiger partial charge in [0.05, 0.1) is 11.1 Å². The van der Waals surface area contributed by atoms with E-state index in [0.717, 1.165) is 12.1 Å². The van der Waals surface area contributed by atoms with Crippen molar-refractivity contribution in [2.24, 2.45) is 0 Å². The van der Waals surface area contributed by atoms with Gasteiger partial charge in [0, 0.05) is 12.4 Å². The number of nitrogens with zero attached hydrogens (tertiary/aromatic N) is 4. The first kappa shape index (κ1) is 17.8. The fourth-order valence-electron chi connectivity index (χ4n) is 2.22. The lowest BCUT2D eigenvalue weighted by Crippen LogP contribution is -2.12. The van der Waals surface area contributed by atoms with Gasteiger partial charge in [-0.3, -0.25) is 0 Å². The first-order valence-corrected chi connectivity index (χ1v) is 7.54. The Morgan fingerprint density at radius 2 is 1.73 bits per heavy atom. The molecule has 10 heteroatoms. The Hall–Kier alpha value is -3.04. The minimum Gasteiger partial charge on any atom is -0.455 e. The maximum absolute atomic E-state index is 13.9. The molecule has 2 heterocycles. The molecule has 1 unspecified atom stereocenters. The molecule has 0 spiro atoms. The molecule has 1 aromatic carbocycles. The summed E-state index contributed by atoms with van der Waals surface area (Å²) in [5.41, 5.74) is -0.0250. The molecule has 0 saturated carbocycles. The number of rotatable bonds is 6. The molecule has 0 aliphatic carbocycles. The predicted octanol–water partition coefficient (Wildman–Crippen LogP) is 4.27. The Morgan fingerprint density at radius 3 is 2.27 bits per heavy atom. The van der Waals surface area contributed by atoms with Crippen LogP contribution in [-0.4, -0.2) is 20.2 Å². The van der Waals surface area contributed by atoms with E-state index in [-0.39, 0.29) is 29.4 Å². The van der Waals surface area contributed by atoms with E-state index in [4.69, 9.17) is 9.15 Å². The summed E-state index contributed by atoms with van der Waals surface area (Å²) < 4.78 is 62.9. The van der Waals surface area contributed by atoms with Gasteiger partial charge in [0.1, 0.15) is 17.7 Å². The van der Waals surface area contributed by atoms with Gasteiger partial charge >= 0.3 is 12.4 Å². The maximum Gasteiger partial charge on any atom is 0.316 e. The van der Waals surface area contributed by atoms with E-state index in [1.54, 1.807) is 6.92 Å². The van der Waals surface area contributed by atoms with Crippen LogP contribution < -0.4 is 4.74 Å². The third kappa shape index (κ3) is 3.63. The van der Waals surface area contributed by atoms with Gasteiger partial charge in [-0.2, -0.15) is 8.78 Å². The van der Waals surface area contributed by atoms with Crippen LogP contribution in [-0.2, 0) is 0 Å². The normalized spacial score (nSPS) is 12.4. The summed E-state index contributed by atoms with van der Waals surface area (Å²) in [5, 5.41) is 6.67. The highest BCUT2D eigenvalue weighted by molar-refractivity contribution is 5.49. The van der Waals surface area contributed by atoms with Crippen LogP contribution >= 0.6 is 0 Å². The van der Waals surface area contributed by atoms with Crippen molar-refractivity contribution < 1.29 is 26.7 Å². The fourth-order valence-corrected chi connectivity index (χ4v) is 2.22. The number of benzene rings is 1. The third-order valence-corrected chi connectivity index (χ3v) is 3.44. The number of hydrogen-bond acceptors (Lipinski definition) is 6. The van der Waals surface area contributed by atoms with E-state index in [1.807, 2.05) is 0 Å². The summed E-state index contributed by atoms with van der Waals surface area (Å²) in [5.74, 6) is -2.47. The zero-order valence-electron chi connectivity index (χ0n) is 13.4. The monoisotopic (exact) mass is 368 g/mol. The smallest absolute Gasteiger partial charge is 0.316 e. The van der Waals surface area contributed by atoms with Crippen molar-refractivity contribution in [3.8, 4) is 17.5 Å². The van der Waals surface area contributed by atoms with E-state index in [2.05, 4.69) is 20.2 Å². The molecule has 1 atom stereocenters. The Kier molecular flexibility index (Phi) is 5.10. The molecule has 0 fully saturated rings. The van der Waals surface area contributed by atoms with Crippen molar-refractivity contribution in [3.05, 3.63) is 53.7 Å². The molecule has 26 heavy (non-hydrogen) atoms. The number of ether oxygens (including phenoxy) is 1. The fraction of sp³-hybridized carbons (Fsp3) is 0.250. The molecule has 0 amide bonds. The quantitative estimate of drug-likeness (QED) is 0.605. The van der Waals surface area contributed by atoms with Crippen molar-refractivity contribution in [1.82, 2.24) is 20.2 Å². The van der Waals surface area contributed by atoms with E-state index in [0.29, 0.717) is 0 Å². The largest absolute Gasteiger partial charge is 0.455 e. The summed E-state index contributed by atoms with van der Waals surface area (Å²) in [7, 11) is 0. The molecule has 0 N–H and O–H groups in total. The molecule has 0 aliphatic rings. The lowest BCUT2D eigenvalue weighted by atomic mass is 10.1. The third-order valence-electron chi connectivity index (χ3n) is 3.44. The number of hydrogen-bond donors (Lipinski definition) is 0. The van der Waals surface area contributed by atoms with Gasteiger partial charge in [0.15, 0.2) is 0 Å². The molecule has 3 aromatic rings. The number of aromatic nitrogens is 4. The average Bonchev–Trinajstić information content (AvgIpc) is 3.11. The van der Waals surface area contributed by atoms with E-state index in [1.165, 1.54) is 18.5 Å². The SMILES string of the molecule is CCC(Oc1ncc(-c2nnc(C(F)F)o2)cn1)c1c(F)cccc1F. The second-order valence-corrected chi connectivity index (χ2v) is 5.15. The van der Waals surface area contributed by atoms with Crippen LogP contribution in [0.2, 0.25) is 0 Å². The molecule has 3 rings (SSSR count). The van der Waals surface area contributed by atoms with Crippen LogP contribution in [0.1, 0.15) is 37.3 Å². The summed E-state index contributed by atoms with van der Waals surface area (Å²) in [6.07, 6.45) is -1.12. The van der Waals surface area contributed by atoms with Crippen molar-refractivity contribution in [2.75, 3.05) is 0 Å². The van der Waals surface area contributed by atoms with Gasteiger partial charge in [-0.1, -0.05) is 13.0 Å². The first-order chi connectivity index (χ1) is 12.5. The highest BCUT2D eigenvalue weighted by Crippen LogP contribution is 2.28. The van der Waals surface area contributed by atoms with Crippen LogP contribution in [0.3, 0.4) is 0 Å². The molecule has 0 aliphatic heterocycles. The lowest BCUT2D eigenvalue weighted by Gasteiger charge is -2.17. The predicted molar refractivity (Wildman–Crippen MR) is 80.3 cm³/mol. The van der Waals surface area contributed by atoms with Crippen molar-refractivity contribution >= 4 is 0 Å². The molecule has 0 bridgehead atoms. The number of halogens is 4. The Bertz CT molecular complexity index is 866. The zero-order valence-corrected chi connectivity index (χ0v) is 13.4. The maximum atomic E-state index is 13.9. The number of alkyl halides is 2. The summed E-state index contributed by atoms with van der Waals surface area (Å²) in [6.45, 7) is 1.69. The van der Waals surface area contributed by atoms with Crippen molar-refractivity contribution in [3.63, 3.8) is 0 Å². The topological polar surface area (TPSA) is 73.9 Å². The standard InChI is InChI=1S/C16H12F4N4O2/c1-2-11(12-9(17)4-3-5-10(12)18)25-16-21-6-8(7-22-16)14-23-24-15(26-14)13(19)20/h3-7,11,13H,2H2,1H3. The zero-order chi connectivity index (χ0) is 18.7. The van der Waals surface area contributed by atoms with E-state index in [9.17, 15) is 17.6 Å². The van der Waals surface area contributed by atoms with Gasteiger partial charge in [-0.05, 0) is 18.6 Å². The van der Waals surface area contributed by atoms with Gasteiger partial charge in [-0.15, -0.1) is 10.2 Å².